The summed E-state index contributed by atoms with van der Waals surface area (Å²) >= 11 is 3.43. The Morgan fingerprint density at radius 1 is 1.05 bits per heavy atom. The molecule has 0 saturated carbocycles. The van der Waals surface area contributed by atoms with Crippen LogP contribution in [0.4, 0.5) is 0 Å². The Morgan fingerprint density at radius 3 is 2.42 bits per heavy atom. The zero-order valence-electron chi connectivity index (χ0n) is 10.8. The maximum Gasteiger partial charge on any atom is 0.0995 e. The molecule has 0 aliphatic rings. The summed E-state index contributed by atoms with van der Waals surface area (Å²) in [4.78, 5) is 2.21. The highest BCUT2D eigenvalue weighted by Gasteiger charge is 2.05. The molecule has 0 bridgehead atoms. The number of nitrogens with zero attached hydrogens (tertiary/aromatic N) is 2. The maximum absolute atomic E-state index is 9.08. The van der Waals surface area contributed by atoms with E-state index >= 15 is 0 Å². The average molecular weight is 315 g/mol. The summed E-state index contributed by atoms with van der Waals surface area (Å²) in [5, 5.41) is 9.08. The summed E-state index contributed by atoms with van der Waals surface area (Å²) in [5.74, 6) is 0. The third-order valence-corrected chi connectivity index (χ3v) is 3.47. The molecule has 0 aliphatic carbocycles. The first-order valence-electron chi connectivity index (χ1n) is 6.10. The van der Waals surface area contributed by atoms with Crippen LogP contribution in [0.15, 0.2) is 53.0 Å². The van der Waals surface area contributed by atoms with E-state index < -0.39 is 0 Å². The predicted octanol–water partition coefficient (Wildman–Crippen LogP) is 3.95. The summed E-state index contributed by atoms with van der Waals surface area (Å²) in [7, 11) is 2.07. The fraction of sp³-hybridized carbons (Fsp3) is 0.188. The van der Waals surface area contributed by atoms with E-state index in [-0.39, 0.29) is 0 Å². The Kier molecular flexibility index (Phi) is 4.73. The van der Waals surface area contributed by atoms with Gasteiger partial charge in [-0.1, -0.05) is 46.3 Å². The van der Waals surface area contributed by atoms with E-state index in [9.17, 15) is 0 Å². The Hall–Kier alpha value is -1.63. The van der Waals surface area contributed by atoms with Gasteiger partial charge in [0.25, 0.3) is 0 Å². The second-order valence-electron chi connectivity index (χ2n) is 4.57. The molecule has 96 valence electrons. The maximum atomic E-state index is 9.08. The molecule has 0 spiro atoms. The molecule has 19 heavy (non-hydrogen) atoms. The first kappa shape index (κ1) is 13.8. The summed E-state index contributed by atoms with van der Waals surface area (Å²) in [6.45, 7) is 1.65. The van der Waals surface area contributed by atoms with Gasteiger partial charge in [-0.05, 0) is 36.4 Å². The molecule has 2 nitrogen and oxygen atoms in total. The largest absolute Gasteiger partial charge is 0.298 e. The highest BCUT2D eigenvalue weighted by molar-refractivity contribution is 9.10. The van der Waals surface area contributed by atoms with Gasteiger partial charge in [0.1, 0.15) is 0 Å². The van der Waals surface area contributed by atoms with Gasteiger partial charge in [-0.3, -0.25) is 4.90 Å². The van der Waals surface area contributed by atoms with Crippen molar-refractivity contribution in [1.29, 1.82) is 5.26 Å². The predicted molar refractivity (Wildman–Crippen MR) is 80.5 cm³/mol. The summed E-state index contributed by atoms with van der Waals surface area (Å²) in [6, 6.07) is 18.3. The average Bonchev–Trinajstić information content (AvgIpc) is 2.42. The van der Waals surface area contributed by atoms with Crippen LogP contribution in [0.3, 0.4) is 0 Å². The first-order chi connectivity index (χ1) is 9.19. The van der Waals surface area contributed by atoms with Crippen molar-refractivity contribution in [2.45, 2.75) is 13.1 Å². The fourth-order valence-electron chi connectivity index (χ4n) is 2.02. The molecule has 3 heteroatoms. The van der Waals surface area contributed by atoms with E-state index in [1.807, 2.05) is 36.4 Å². The Morgan fingerprint density at radius 2 is 1.74 bits per heavy atom. The second kappa shape index (κ2) is 6.51. The van der Waals surface area contributed by atoms with E-state index in [0.717, 1.165) is 28.7 Å². The lowest BCUT2D eigenvalue weighted by atomic mass is 10.1. The number of halogens is 1. The third kappa shape index (κ3) is 3.92. The molecule has 0 aliphatic heterocycles. The summed E-state index contributed by atoms with van der Waals surface area (Å²) < 4.78 is 1.09. The SMILES string of the molecule is CN(Cc1ccc(Br)cc1)Cc1ccccc1C#N. The number of nitriles is 1. The van der Waals surface area contributed by atoms with Crippen LogP contribution in [0.25, 0.3) is 0 Å². The highest BCUT2D eigenvalue weighted by atomic mass is 79.9. The van der Waals surface area contributed by atoms with Crippen LogP contribution in [-0.2, 0) is 13.1 Å². The summed E-state index contributed by atoms with van der Waals surface area (Å²) in [6.07, 6.45) is 0. The molecule has 0 atom stereocenters. The van der Waals surface area contributed by atoms with Crippen molar-refractivity contribution in [3.05, 3.63) is 69.7 Å². The molecule has 2 rings (SSSR count). The quantitative estimate of drug-likeness (QED) is 0.854. The number of rotatable bonds is 4. The van der Waals surface area contributed by atoms with Crippen molar-refractivity contribution in [3.8, 4) is 6.07 Å². The molecular weight excluding hydrogens is 300 g/mol. The molecule has 0 fully saturated rings. The molecule has 2 aromatic rings. The standard InChI is InChI=1S/C16H15BrN2/c1-19(11-13-6-8-16(17)9-7-13)12-15-5-3-2-4-14(15)10-18/h2-9H,11-12H2,1H3. The molecule has 0 heterocycles. The van der Waals surface area contributed by atoms with Crippen molar-refractivity contribution < 1.29 is 0 Å². The van der Waals surface area contributed by atoms with Crippen LogP contribution in [0, 0.1) is 11.3 Å². The molecule has 0 saturated heterocycles. The minimum absolute atomic E-state index is 0.755. The molecule has 0 unspecified atom stereocenters. The van der Waals surface area contributed by atoms with Crippen LogP contribution in [0.1, 0.15) is 16.7 Å². The van der Waals surface area contributed by atoms with Gasteiger partial charge in [-0.25, -0.2) is 0 Å². The van der Waals surface area contributed by atoms with E-state index in [2.05, 4.69) is 46.1 Å². The Bertz CT molecular complexity index is 584. The van der Waals surface area contributed by atoms with Gasteiger partial charge in [-0.15, -0.1) is 0 Å². The Labute approximate surface area is 122 Å². The highest BCUT2D eigenvalue weighted by Crippen LogP contribution is 2.14. The molecule has 0 amide bonds. The van der Waals surface area contributed by atoms with Crippen LogP contribution < -0.4 is 0 Å². The lowest BCUT2D eigenvalue weighted by Crippen LogP contribution is -2.17. The van der Waals surface area contributed by atoms with E-state index in [0.29, 0.717) is 0 Å². The second-order valence-corrected chi connectivity index (χ2v) is 5.48. The van der Waals surface area contributed by atoms with Gasteiger partial charge < -0.3 is 0 Å². The van der Waals surface area contributed by atoms with Crippen molar-refractivity contribution in [1.82, 2.24) is 4.90 Å². The normalized spacial score (nSPS) is 10.4. The number of benzene rings is 2. The van der Waals surface area contributed by atoms with Crippen molar-refractivity contribution in [2.24, 2.45) is 0 Å². The monoisotopic (exact) mass is 314 g/mol. The minimum atomic E-state index is 0.755. The summed E-state index contributed by atoms with van der Waals surface area (Å²) in [5.41, 5.74) is 3.09. The minimum Gasteiger partial charge on any atom is -0.298 e. The van der Waals surface area contributed by atoms with Gasteiger partial charge in [0.15, 0.2) is 0 Å². The van der Waals surface area contributed by atoms with E-state index in [4.69, 9.17) is 5.26 Å². The first-order valence-corrected chi connectivity index (χ1v) is 6.89. The van der Waals surface area contributed by atoms with Crippen LogP contribution in [0.2, 0.25) is 0 Å². The van der Waals surface area contributed by atoms with Crippen LogP contribution in [0.5, 0.6) is 0 Å². The molecule has 2 aromatic carbocycles. The topological polar surface area (TPSA) is 27.0 Å². The smallest absolute Gasteiger partial charge is 0.0995 e. The Balaban J connectivity index is 2.03. The molecule has 0 aromatic heterocycles. The van der Waals surface area contributed by atoms with Crippen LogP contribution >= 0.6 is 15.9 Å². The zero-order valence-corrected chi connectivity index (χ0v) is 12.4. The van der Waals surface area contributed by atoms with E-state index in [1.165, 1.54) is 5.56 Å². The van der Waals surface area contributed by atoms with Crippen molar-refractivity contribution in [2.75, 3.05) is 7.05 Å². The van der Waals surface area contributed by atoms with Gasteiger partial charge >= 0.3 is 0 Å². The van der Waals surface area contributed by atoms with Crippen molar-refractivity contribution >= 4 is 15.9 Å². The van der Waals surface area contributed by atoms with Gasteiger partial charge in [0.2, 0.25) is 0 Å². The van der Waals surface area contributed by atoms with E-state index in [1.54, 1.807) is 0 Å². The molecule has 0 radical (unpaired) electrons. The fourth-order valence-corrected chi connectivity index (χ4v) is 2.28. The van der Waals surface area contributed by atoms with Gasteiger partial charge in [0, 0.05) is 17.6 Å². The number of hydrogen-bond donors (Lipinski definition) is 0. The lowest BCUT2D eigenvalue weighted by Gasteiger charge is -2.17. The third-order valence-electron chi connectivity index (χ3n) is 2.94. The van der Waals surface area contributed by atoms with Gasteiger partial charge in [-0.2, -0.15) is 5.26 Å². The molecular formula is C16H15BrN2. The van der Waals surface area contributed by atoms with Gasteiger partial charge in [0.05, 0.1) is 11.6 Å². The zero-order chi connectivity index (χ0) is 13.7. The lowest BCUT2D eigenvalue weighted by molar-refractivity contribution is 0.319. The number of hydrogen-bond acceptors (Lipinski definition) is 2. The van der Waals surface area contributed by atoms with Crippen LogP contribution in [-0.4, -0.2) is 11.9 Å². The van der Waals surface area contributed by atoms with Crippen molar-refractivity contribution in [3.63, 3.8) is 0 Å². The molecule has 0 N–H and O–H groups in total.